The number of nitrogens with one attached hydrogen (secondary N) is 1. The van der Waals surface area contributed by atoms with E-state index in [9.17, 15) is 19.7 Å². The topological polar surface area (TPSA) is 119 Å². The number of benzene rings is 2. The Morgan fingerprint density at radius 1 is 1.09 bits per heavy atom. The van der Waals surface area contributed by atoms with Crippen molar-refractivity contribution in [1.82, 2.24) is 14.8 Å². The first-order chi connectivity index (χ1) is 16.0. The molecule has 4 aromatic rings. The van der Waals surface area contributed by atoms with Crippen LogP contribution in [0.25, 0.3) is 5.65 Å². The number of fused-ring (bicyclic) bond motifs is 1. The number of nitro benzene ring substituents is 1. The summed E-state index contributed by atoms with van der Waals surface area (Å²) in [6.45, 7) is 0. The maximum atomic E-state index is 13.0. The van der Waals surface area contributed by atoms with E-state index in [-0.39, 0.29) is 22.4 Å². The summed E-state index contributed by atoms with van der Waals surface area (Å²) in [6, 6.07) is 20.2. The summed E-state index contributed by atoms with van der Waals surface area (Å²) in [5.74, 6) is 0.0419. The number of carbonyl (C=O) groups excluding carboxylic acids is 1. The molecule has 0 spiro atoms. The van der Waals surface area contributed by atoms with Gasteiger partial charge in [0, 0.05) is 29.6 Å². The fourth-order valence-corrected chi connectivity index (χ4v) is 3.93. The number of thioether (sulfide) groups is 1. The van der Waals surface area contributed by atoms with Crippen molar-refractivity contribution < 1.29 is 9.72 Å². The Morgan fingerprint density at radius 3 is 2.55 bits per heavy atom. The molecule has 0 atom stereocenters. The van der Waals surface area contributed by atoms with Crippen molar-refractivity contribution >= 4 is 35.2 Å². The monoisotopic (exact) mass is 459 g/mol. The van der Waals surface area contributed by atoms with E-state index in [0.717, 1.165) is 5.56 Å². The van der Waals surface area contributed by atoms with Crippen LogP contribution in [0.5, 0.6) is 0 Å². The number of hydrogen-bond acceptors (Lipinski definition) is 7. The Hall–Kier alpha value is -4.31. The van der Waals surface area contributed by atoms with Crippen LogP contribution in [0.4, 0.5) is 5.69 Å². The number of amides is 1. The quantitative estimate of drug-likeness (QED) is 0.148. The summed E-state index contributed by atoms with van der Waals surface area (Å²) in [4.78, 5) is 40.2. The first-order valence-electron chi connectivity index (χ1n) is 9.79. The van der Waals surface area contributed by atoms with Crippen LogP contribution in [0.3, 0.4) is 0 Å². The highest BCUT2D eigenvalue weighted by Crippen LogP contribution is 2.23. The number of hydrazone groups is 1. The van der Waals surface area contributed by atoms with E-state index in [4.69, 9.17) is 0 Å². The number of non-ortho nitro benzene ring substituents is 1. The van der Waals surface area contributed by atoms with Crippen molar-refractivity contribution in [2.24, 2.45) is 5.10 Å². The predicted octanol–water partition coefficient (Wildman–Crippen LogP) is 3.66. The number of pyridine rings is 1. The number of nitro groups is 1. The van der Waals surface area contributed by atoms with Crippen molar-refractivity contribution in [3.8, 4) is 0 Å². The van der Waals surface area contributed by atoms with Crippen LogP contribution in [-0.2, 0) is 5.75 Å². The van der Waals surface area contributed by atoms with Crippen molar-refractivity contribution in [1.29, 1.82) is 0 Å². The van der Waals surface area contributed by atoms with Crippen molar-refractivity contribution in [3.63, 3.8) is 0 Å². The van der Waals surface area contributed by atoms with E-state index in [1.807, 2.05) is 30.3 Å². The van der Waals surface area contributed by atoms with Crippen LogP contribution in [-0.4, -0.2) is 26.4 Å². The lowest BCUT2D eigenvalue weighted by molar-refractivity contribution is -0.384. The lowest BCUT2D eigenvalue weighted by atomic mass is 10.2. The molecule has 0 saturated carbocycles. The number of hydrogen-bond donors (Lipinski definition) is 1. The molecule has 1 amide bonds. The molecule has 0 bridgehead atoms. The molecule has 2 aromatic heterocycles. The van der Waals surface area contributed by atoms with E-state index in [2.05, 4.69) is 15.5 Å². The maximum absolute atomic E-state index is 13.0. The van der Waals surface area contributed by atoms with E-state index in [1.165, 1.54) is 46.6 Å². The molecule has 1 N–H and O–H groups in total. The van der Waals surface area contributed by atoms with E-state index in [1.54, 1.807) is 24.4 Å². The summed E-state index contributed by atoms with van der Waals surface area (Å²) in [6.07, 6.45) is 2.88. The van der Waals surface area contributed by atoms with Gasteiger partial charge in [-0.05, 0) is 29.8 Å². The number of aromatic nitrogens is 2. The number of nitrogens with zero attached hydrogens (tertiary/aromatic N) is 4. The van der Waals surface area contributed by atoms with Crippen molar-refractivity contribution in [2.75, 3.05) is 0 Å². The number of rotatable bonds is 7. The molecule has 0 aliphatic carbocycles. The van der Waals surface area contributed by atoms with Crippen LogP contribution in [0, 0.1) is 10.1 Å². The fourth-order valence-electron chi connectivity index (χ4n) is 2.98. The van der Waals surface area contributed by atoms with Gasteiger partial charge in [0.25, 0.3) is 17.2 Å². The Bertz CT molecular complexity index is 1400. The minimum atomic E-state index is -0.562. The highest BCUT2D eigenvalue weighted by molar-refractivity contribution is 7.98. The summed E-state index contributed by atoms with van der Waals surface area (Å²) in [7, 11) is 0. The Labute approximate surface area is 192 Å². The summed E-state index contributed by atoms with van der Waals surface area (Å²) >= 11 is 1.40. The molecule has 10 heteroatoms. The van der Waals surface area contributed by atoms with Gasteiger partial charge in [0.1, 0.15) is 10.7 Å². The number of carbonyl (C=O) groups is 1. The highest BCUT2D eigenvalue weighted by atomic mass is 32.2. The SMILES string of the molecule is O=C(N/N=C/c1c(SCc2ccccc2)nc2ccccn2c1=O)c1ccc([N+](=O)[O-])cc1. The average Bonchev–Trinajstić information content (AvgIpc) is 2.85. The molecule has 0 aliphatic rings. The zero-order chi connectivity index (χ0) is 23.2. The molecule has 0 radical (unpaired) electrons. The van der Waals surface area contributed by atoms with Gasteiger partial charge in [-0.25, -0.2) is 10.4 Å². The van der Waals surface area contributed by atoms with Gasteiger partial charge >= 0.3 is 0 Å². The second-order valence-corrected chi connectivity index (χ2v) is 7.81. The van der Waals surface area contributed by atoms with Crippen LogP contribution in [0.15, 0.2) is 93.9 Å². The Morgan fingerprint density at radius 2 is 1.82 bits per heavy atom. The van der Waals surface area contributed by atoms with Crippen LogP contribution in [0.2, 0.25) is 0 Å². The first kappa shape index (κ1) is 21.9. The molecule has 33 heavy (non-hydrogen) atoms. The lowest BCUT2D eigenvalue weighted by Gasteiger charge is -2.08. The zero-order valence-corrected chi connectivity index (χ0v) is 17.9. The van der Waals surface area contributed by atoms with Crippen LogP contribution in [0.1, 0.15) is 21.5 Å². The lowest BCUT2D eigenvalue weighted by Crippen LogP contribution is -2.23. The third-order valence-electron chi connectivity index (χ3n) is 4.65. The van der Waals surface area contributed by atoms with Crippen LogP contribution >= 0.6 is 11.8 Å². The van der Waals surface area contributed by atoms with Gasteiger partial charge in [0.15, 0.2) is 0 Å². The minimum Gasteiger partial charge on any atom is -0.268 e. The second-order valence-electron chi connectivity index (χ2n) is 6.84. The van der Waals surface area contributed by atoms with E-state index < -0.39 is 10.8 Å². The largest absolute Gasteiger partial charge is 0.271 e. The van der Waals surface area contributed by atoms with Gasteiger partial charge in [0.2, 0.25) is 0 Å². The third-order valence-corrected chi connectivity index (χ3v) is 5.71. The summed E-state index contributed by atoms with van der Waals surface area (Å²) < 4.78 is 1.41. The second kappa shape index (κ2) is 9.88. The van der Waals surface area contributed by atoms with Gasteiger partial charge in [-0.2, -0.15) is 5.10 Å². The smallest absolute Gasteiger partial charge is 0.268 e. The normalized spacial score (nSPS) is 11.0. The molecule has 2 aromatic carbocycles. The predicted molar refractivity (Wildman–Crippen MR) is 126 cm³/mol. The zero-order valence-electron chi connectivity index (χ0n) is 17.1. The van der Waals surface area contributed by atoms with Crippen molar-refractivity contribution in [2.45, 2.75) is 10.8 Å². The maximum Gasteiger partial charge on any atom is 0.271 e. The first-order valence-corrected chi connectivity index (χ1v) is 10.8. The molecule has 4 rings (SSSR count). The molecular formula is C23H17N5O4S. The van der Waals surface area contributed by atoms with Gasteiger partial charge in [-0.1, -0.05) is 36.4 Å². The molecule has 2 heterocycles. The van der Waals surface area contributed by atoms with Crippen molar-refractivity contribution in [3.05, 3.63) is 116 Å². The average molecular weight is 459 g/mol. The molecule has 0 saturated heterocycles. The molecule has 0 unspecified atom stereocenters. The standard InChI is InChI=1S/C23H17N5O4S/c29-21(17-9-11-18(12-10-17)28(31)32)26-24-14-19-22(33-15-16-6-2-1-3-7-16)25-20-8-4-5-13-27(20)23(19)30/h1-14H,15H2,(H,26,29)/b24-14+. The molecule has 9 nitrogen and oxygen atoms in total. The Balaban J connectivity index is 1.59. The summed E-state index contributed by atoms with van der Waals surface area (Å²) in [5, 5.41) is 15.2. The fraction of sp³-hybridized carbons (Fsp3) is 0.0435. The highest BCUT2D eigenvalue weighted by Gasteiger charge is 2.13. The van der Waals surface area contributed by atoms with Gasteiger partial charge in [-0.3, -0.25) is 24.1 Å². The molecule has 164 valence electrons. The molecule has 0 fully saturated rings. The minimum absolute atomic E-state index is 0.120. The summed E-state index contributed by atoms with van der Waals surface area (Å²) in [5.41, 5.74) is 3.93. The van der Waals surface area contributed by atoms with Gasteiger partial charge in [0.05, 0.1) is 16.7 Å². The molecular weight excluding hydrogens is 442 g/mol. The van der Waals surface area contributed by atoms with Gasteiger partial charge in [-0.15, -0.1) is 11.8 Å². The molecule has 0 aliphatic heterocycles. The van der Waals surface area contributed by atoms with Gasteiger partial charge < -0.3 is 0 Å². The Kier molecular flexibility index (Phi) is 6.56. The third kappa shape index (κ3) is 5.13. The van der Waals surface area contributed by atoms with E-state index >= 15 is 0 Å². The van der Waals surface area contributed by atoms with Crippen LogP contribution < -0.4 is 11.0 Å². The van der Waals surface area contributed by atoms with E-state index in [0.29, 0.717) is 16.4 Å².